The molecule has 5 nitrogen and oxygen atoms in total. The summed E-state index contributed by atoms with van der Waals surface area (Å²) in [6.07, 6.45) is 5.15. The Morgan fingerprint density at radius 3 is 3.00 bits per heavy atom. The molecule has 0 spiro atoms. The summed E-state index contributed by atoms with van der Waals surface area (Å²) in [5, 5.41) is 2.84. The summed E-state index contributed by atoms with van der Waals surface area (Å²) in [6, 6.07) is 7.80. The van der Waals surface area contributed by atoms with Gasteiger partial charge in [0.05, 0.1) is 6.33 Å². The third-order valence-corrected chi connectivity index (χ3v) is 2.79. The van der Waals surface area contributed by atoms with E-state index >= 15 is 0 Å². The van der Waals surface area contributed by atoms with E-state index in [1.165, 1.54) is 5.56 Å². The van der Waals surface area contributed by atoms with Crippen LogP contribution in [0, 0.1) is 0 Å². The summed E-state index contributed by atoms with van der Waals surface area (Å²) < 4.78 is 1.74. The molecule has 0 aliphatic rings. The van der Waals surface area contributed by atoms with Crippen molar-refractivity contribution in [3.05, 3.63) is 48.0 Å². The highest BCUT2D eigenvalue weighted by Crippen LogP contribution is 2.13. The molecule has 5 heteroatoms. The van der Waals surface area contributed by atoms with E-state index in [0.29, 0.717) is 12.2 Å². The molecule has 0 fully saturated rings. The quantitative estimate of drug-likeness (QED) is 0.855. The minimum atomic E-state index is -0.198. The standard InChI is InChI=1S/C14H18N4O/c1-18-9-13(16-10-18)14(19)17-12-6-2-4-11(8-12)5-3-7-15/h2,4,6,8-10H,3,5,7,15H2,1H3,(H,17,19). The molecular weight excluding hydrogens is 240 g/mol. The van der Waals surface area contributed by atoms with Crippen molar-refractivity contribution < 1.29 is 4.79 Å². The number of imidazole rings is 1. The van der Waals surface area contributed by atoms with Crippen LogP contribution in [0.5, 0.6) is 0 Å². The fourth-order valence-electron chi connectivity index (χ4n) is 1.84. The molecule has 1 aromatic heterocycles. The van der Waals surface area contributed by atoms with Crippen molar-refractivity contribution in [3.63, 3.8) is 0 Å². The summed E-state index contributed by atoms with van der Waals surface area (Å²) >= 11 is 0. The predicted octanol–water partition coefficient (Wildman–Crippen LogP) is 1.56. The van der Waals surface area contributed by atoms with Gasteiger partial charge in [0, 0.05) is 18.9 Å². The number of carbonyl (C=O) groups excluding carboxylic acids is 1. The maximum atomic E-state index is 11.9. The molecule has 19 heavy (non-hydrogen) atoms. The molecule has 0 unspecified atom stereocenters. The van der Waals surface area contributed by atoms with Crippen molar-refractivity contribution in [2.24, 2.45) is 12.8 Å². The fourth-order valence-corrected chi connectivity index (χ4v) is 1.84. The third-order valence-electron chi connectivity index (χ3n) is 2.79. The van der Waals surface area contributed by atoms with E-state index in [2.05, 4.69) is 10.3 Å². The van der Waals surface area contributed by atoms with Crippen LogP contribution < -0.4 is 11.1 Å². The van der Waals surface area contributed by atoms with Gasteiger partial charge in [-0.25, -0.2) is 4.98 Å². The van der Waals surface area contributed by atoms with Crippen molar-refractivity contribution >= 4 is 11.6 Å². The van der Waals surface area contributed by atoms with Crippen LogP contribution in [0.25, 0.3) is 0 Å². The molecule has 0 aliphatic carbocycles. The maximum absolute atomic E-state index is 11.9. The minimum absolute atomic E-state index is 0.198. The van der Waals surface area contributed by atoms with Gasteiger partial charge in [0.1, 0.15) is 5.69 Å². The number of hydrogen-bond acceptors (Lipinski definition) is 3. The predicted molar refractivity (Wildman–Crippen MR) is 75.0 cm³/mol. The van der Waals surface area contributed by atoms with Crippen LogP contribution in [0.3, 0.4) is 0 Å². The summed E-state index contributed by atoms with van der Waals surface area (Å²) in [5.74, 6) is -0.198. The second kappa shape index (κ2) is 6.15. The van der Waals surface area contributed by atoms with Crippen molar-refractivity contribution in [3.8, 4) is 0 Å². The number of aryl methyl sites for hydroxylation is 2. The van der Waals surface area contributed by atoms with Gasteiger partial charge in [-0.1, -0.05) is 12.1 Å². The molecule has 3 N–H and O–H groups in total. The van der Waals surface area contributed by atoms with Gasteiger partial charge in [0.15, 0.2) is 0 Å². The SMILES string of the molecule is Cn1cnc(C(=O)Nc2cccc(CCCN)c2)c1. The number of nitrogens with one attached hydrogen (secondary N) is 1. The van der Waals surface area contributed by atoms with Gasteiger partial charge in [0.2, 0.25) is 0 Å². The van der Waals surface area contributed by atoms with Crippen LogP contribution in [0.4, 0.5) is 5.69 Å². The maximum Gasteiger partial charge on any atom is 0.275 e. The number of benzene rings is 1. The zero-order chi connectivity index (χ0) is 13.7. The summed E-state index contributed by atoms with van der Waals surface area (Å²) in [4.78, 5) is 16.0. The lowest BCUT2D eigenvalue weighted by Crippen LogP contribution is -2.12. The molecule has 1 amide bonds. The van der Waals surface area contributed by atoms with E-state index in [1.807, 2.05) is 31.3 Å². The van der Waals surface area contributed by atoms with Crippen molar-refractivity contribution in [1.82, 2.24) is 9.55 Å². The highest BCUT2D eigenvalue weighted by atomic mass is 16.1. The van der Waals surface area contributed by atoms with Gasteiger partial charge < -0.3 is 15.6 Å². The van der Waals surface area contributed by atoms with E-state index < -0.39 is 0 Å². The molecule has 100 valence electrons. The largest absolute Gasteiger partial charge is 0.340 e. The normalized spacial score (nSPS) is 10.4. The van der Waals surface area contributed by atoms with Gasteiger partial charge in [-0.05, 0) is 37.1 Å². The number of anilines is 1. The number of rotatable bonds is 5. The van der Waals surface area contributed by atoms with Crippen molar-refractivity contribution in [1.29, 1.82) is 0 Å². The van der Waals surface area contributed by atoms with Crippen molar-refractivity contribution in [2.75, 3.05) is 11.9 Å². The average molecular weight is 258 g/mol. The second-order valence-corrected chi connectivity index (χ2v) is 4.47. The first kappa shape index (κ1) is 13.3. The van der Waals surface area contributed by atoms with Crippen LogP contribution in [-0.2, 0) is 13.5 Å². The Balaban J connectivity index is 2.04. The molecule has 1 aromatic carbocycles. The first-order chi connectivity index (χ1) is 9.19. The van der Waals surface area contributed by atoms with Crippen LogP contribution in [-0.4, -0.2) is 22.0 Å². The van der Waals surface area contributed by atoms with E-state index in [9.17, 15) is 4.79 Å². The monoisotopic (exact) mass is 258 g/mol. The topological polar surface area (TPSA) is 72.9 Å². The summed E-state index contributed by atoms with van der Waals surface area (Å²) in [7, 11) is 1.83. The smallest absolute Gasteiger partial charge is 0.275 e. The first-order valence-corrected chi connectivity index (χ1v) is 6.27. The zero-order valence-electron chi connectivity index (χ0n) is 11.0. The molecule has 0 bridgehead atoms. The second-order valence-electron chi connectivity index (χ2n) is 4.47. The lowest BCUT2D eigenvalue weighted by Gasteiger charge is -2.06. The lowest BCUT2D eigenvalue weighted by molar-refractivity contribution is 0.102. The molecule has 0 aliphatic heterocycles. The number of nitrogens with zero attached hydrogens (tertiary/aromatic N) is 2. The van der Waals surface area contributed by atoms with Gasteiger partial charge in [0.25, 0.3) is 5.91 Å². The van der Waals surface area contributed by atoms with E-state index in [1.54, 1.807) is 17.1 Å². The zero-order valence-corrected chi connectivity index (χ0v) is 11.0. The molecule has 0 saturated carbocycles. The van der Waals surface area contributed by atoms with Crippen LogP contribution >= 0.6 is 0 Å². The Hall–Kier alpha value is -2.14. The van der Waals surface area contributed by atoms with Crippen LogP contribution in [0.2, 0.25) is 0 Å². The van der Waals surface area contributed by atoms with Gasteiger partial charge >= 0.3 is 0 Å². The lowest BCUT2D eigenvalue weighted by atomic mass is 10.1. The number of carbonyl (C=O) groups is 1. The molecule has 2 rings (SSSR count). The average Bonchev–Trinajstić information content (AvgIpc) is 2.83. The Morgan fingerprint density at radius 2 is 2.32 bits per heavy atom. The summed E-state index contributed by atoms with van der Waals surface area (Å²) in [5.41, 5.74) is 7.86. The van der Waals surface area contributed by atoms with Crippen LogP contribution in [0.1, 0.15) is 22.5 Å². The van der Waals surface area contributed by atoms with E-state index in [-0.39, 0.29) is 5.91 Å². The van der Waals surface area contributed by atoms with Crippen molar-refractivity contribution in [2.45, 2.75) is 12.8 Å². The summed E-state index contributed by atoms with van der Waals surface area (Å²) in [6.45, 7) is 0.671. The minimum Gasteiger partial charge on any atom is -0.340 e. The van der Waals surface area contributed by atoms with Crippen LogP contribution in [0.15, 0.2) is 36.8 Å². The Bertz CT molecular complexity index is 562. The molecule has 0 radical (unpaired) electrons. The number of nitrogens with two attached hydrogens (primary N) is 1. The Morgan fingerprint density at radius 1 is 1.47 bits per heavy atom. The number of amides is 1. The fraction of sp³-hybridized carbons (Fsp3) is 0.286. The van der Waals surface area contributed by atoms with E-state index in [4.69, 9.17) is 5.73 Å². The Kier molecular flexibility index (Phi) is 4.30. The molecule has 2 aromatic rings. The highest BCUT2D eigenvalue weighted by molar-refractivity contribution is 6.02. The van der Waals surface area contributed by atoms with Gasteiger partial charge in [-0.3, -0.25) is 4.79 Å². The number of hydrogen-bond donors (Lipinski definition) is 2. The molecule has 1 heterocycles. The highest BCUT2D eigenvalue weighted by Gasteiger charge is 2.08. The van der Waals surface area contributed by atoms with Gasteiger partial charge in [-0.15, -0.1) is 0 Å². The third kappa shape index (κ3) is 3.66. The molecule has 0 saturated heterocycles. The van der Waals surface area contributed by atoms with E-state index in [0.717, 1.165) is 18.5 Å². The van der Waals surface area contributed by atoms with Gasteiger partial charge in [-0.2, -0.15) is 0 Å². The Labute approximate surface area is 112 Å². The molecule has 0 atom stereocenters. The first-order valence-electron chi connectivity index (χ1n) is 6.27. The number of aromatic nitrogens is 2. The molecular formula is C14H18N4O.